The minimum atomic E-state index is -0.438. The van der Waals surface area contributed by atoms with Gasteiger partial charge in [0.1, 0.15) is 0 Å². The van der Waals surface area contributed by atoms with Crippen LogP contribution >= 0.6 is 0 Å². The monoisotopic (exact) mass is 281 g/mol. The lowest BCUT2D eigenvalue weighted by molar-refractivity contribution is 0.0880. The topological polar surface area (TPSA) is 84.2 Å². The van der Waals surface area contributed by atoms with E-state index in [0.29, 0.717) is 23.5 Å². The third kappa shape index (κ3) is 2.23. The molecule has 1 heterocycles. The maximum atomic E-state index is 11.9. The van der Waals surface area contributed by atoms with Crippen molar-refractivity contribution in [2.24, 2.45) is 0 Å². The largest absolute Gasteiger partial charge is 0.398 e. The molecule has 0 radical (unpaired) electrons. The van der Waals surface area contributed by atoms with Crippen LogP contribution in [0, 0.1) is 6.92 Å². The third-order valence-corrected chi connectivity index (χ3v) is 3.65. The summed E-state index contributed by atoms with van der Waals surface area (Å²) < 4.78 is 0. The van der Waals surface area contributed by atoms with Crippen molar-refractivity contribution in [1.29, 1.82) is 0 Å². The van der Waals surface area contributed by atoms with Crippen LogP contribution in [0.15, 0.2) is 36.4 Å². The van der Waals surface area contributed by atoms with Gasteiger partial charge in [0.2, 0.25) is 0 Å². The lowest BCUT2D eigenvalue weighted by Crippen LogP contribution is -2.20. The Morgan fingerprint density at radius 1 is 1.05 bits per heavy atom. The summed E-state index contributed by atoms with van der Waals surface area (Å²) in [6, 6.07) is 11.4. The van der Waals surface area contributed by atoms with Gasteiger partial charge in [-0.3, -0.25) is 14.9 Å². The molecule has 0 aliphatic carbocycles. The second kappa shape index (κ2) is 4.94. The van der Waals surface area contributed by atoms with Crippen LogP contribution in [0.5, 0.6) is 0 Å². The Bertz CT molecular complexity index is 753. The van der Waals surface area contributed by atoms with Crippen LogP contribution in [-0.4, -0.2) is 11.8 Å². The van der Waals surface area contributed by atoms with Crippen LogP contribution in [0.1, 0.15) is 31.8 Å². The van der Waals surface area contributed by atoms with Crippen molar-refractivity contribution >= 4 is 23.2 Å². The molecule has 0 saturated heterocycles. The van der Waals surface area contributed by atoms with Gasteiger partial charge in [-0.1, -0.05) is 24.3 Å². The Morgan fingerprint density at radius 2 is 1.76 bits per heavy atom. The van der Waals surface area contributed by atoms with Gasteiger partial charge in [-0.2, -0.15) is 0 Å². The number of imide groups is 1. The Morgan fingerprint density at radius 3 is 2.52 bits per heavy atom. The molecular formula is C16H15N3O2. The van der Waals surface area contributed by atoms with Crippen LogP contribution < -0.4 is 16.4 Å². The van der Waals surface area contributed by atoms with Gasteiger partial charge in [0.25, 0.3) is 11.8 Å². The van der Waals surface area contributed by atoms with Crippen LogP contribution in [0.25, 0.3) is 0 Å². The van der Waals surface area contributed by atoms with E-state index in [2.05, 4.69) is 10.6 Å². The lowest BCUT2D eigenvalue weighted by Gasteiger charge is -2.12. The van der Waals surface area contributed by atoms with Gasteiger partial charge in [0.15, 0.2) is 0 Å². The number of carbonyl (C=O) groups is 2. The minimum Gasteiger partial charge on any atom is -0.398 e. The van der Waals surface area contributed by atoms with Gasteiger partial charge in [0.05, 0.1) is 11.1 Å². The van der Waals surface area contributed by atoms with Crippen LogP contribution in [0.2, 0.25) is 0 Å². The zero-order valence-corrected chi connectivity index (χ0v) is 11.6. The number of rotatable bonds is 3. The predicted molar refractivity (Wildman–Crippen MR) is 81.2 cm³/mol. The number of hydrogen-bond donors (Lipinski definition) is 3. The molecule has 0 atom stereocenters. The molecule has 3 rings (SSSR count). The van der Waals surface area contributed by atoms with Crippen molar-refractivity contribution in [2.75, 3.05) is 11.1 Å². The van der Waals surface area contributed by atoms with Gasteiger partial charge in [-0.25, -0.2) is 0 Å². The van der Waals surface area contributed by atoms with E-state index >= 15 is 0 Å². The molecule has 21 heavy (non-hydrogen) atoms. The summed E-state index contributed by atoms with van der Waals surface area (Å²) in [5, 5.41) is 5.49. The predicted octanol–water partition coefficient (Wildman–Crippen LogP) is 2.07. The van der Waals surface area contributed by atoms with E-state index in [1.807, 2.05) is 31.2 Å². The number of nitrogens with two attached hydrogens (primary N) is 1. The van der Waals surface area contributed by atoms with Crippen LogP contribution in [-0.2, 0) is 6.54 Å². The van der Waals surface area contributed by atoms with Crippen LogP contribution in [0.4, 0.5) is 11.4 Å². The second-order valence-electron chi connectivity index (χ2n) is 5.02. The molecule has 5 heteroatoms. The van der Waals surface area contributed by atoms with Gasteiger partial charge >= 0.3 is 0 Å². The number of nitrogens with one attached hydrogen (secondary N) is 2. The Balaban J connectivity index is 1.93. The van der Waals surface area contributed by atoms with E-state index in [1.165, 1.54) is 0 Å². The number of anilines is 2. The molecule has 2 aromatic carbocycles. The van der Waals surface area contributed by atoms with Crippen molar-refractivity contribution in [1.82, 2.24) is 5.32 Å². The fourth-order valence-electron chi connectivity index (χ4n) is 2.47. The fraction of sp³-hybridized carbons (Fsp3) is 0.125. The molecular weight excluding hydrogens is 266 g/mol. The quantitative estimate of drug-likeness (QED) is 0.594. The first-order chi connectivity index (χ1) is 10.1. The zero-order chi connectivity index (χ0) is 15.0. The molecule has 1 aliphatic heterocycles. The molecule has 4 N–H and O–H groups in total. The summed E-state index contributed by atoms with van der Waals surface area (Å²) in [7, 11) is 0. The number of nitrogen functional groups attached to an aromatic ring is 1. The molecule has 0 saturated carbocycles. The molecule has 0 fully saturated rings. The molecule has 0 bridgehead atoms. The van der Waals surface area contributed by atoms with Gasteiger partial charge in [-0.15, -0.1) is 0 Å². The maximum absolute atomic E-state index is 11.9. The Hall–Kier alpha value is -2.82. The number of aryl methyl sites for hydroxylation is 1. The molecule has 0 unspecified atom stereocenters. The highest BCUT2D eigenvalue weighted by Crippen LogP contribution is 2.29. The molecule has 5 nitrogen and oxygen atoms in total. The van der Waals surface area contributed by atoms with Crippen molar-refractivity contribution in [3.8, 4) is 0 Å². The number of carbonyl (C=O) groups excluding carboxylic acids is 2. The average molecular weight is 281 g/mol. The molecule has 106 valence electrons. The van der Waals surface area contributed by atoms with Crippen molar-refractivity contribution < 1.29 is 9.59 Å². The average Bonchev–Trinajstić information content (AvgIpc) is 2.76. The lowest BCUT2D eigenvalue weighted by atomic mass is 10.0. The van der Waals surface area contributed by atoms with E-state index in [0.717, 1.165) is 11.1 Å². The van der Waals surface area contributed by atoms with Crippen molar-refractivity contribution in [2.45, 2.75) is 13.5 Å². The van der Waals surface area contributed by atoms with E-state index < -0.39 is 11.8 Å². The van der Waals surface area contributed by atoms with Gasteiger partial charge in [0, 0.05) is 17.9 Å². The third-order valence-electron chi connectivity index (χ3n) is 3.65. The summed E-state index contributed by atoms with van der Waals surface area (Å²) in [5.41, 5.74) is 9.60. The summed E-state index contributed by atoms with van der Waals surface area (Å²) in [5.74, 6) is -0.846. The smallest absolute Gasteiger partial charge is 0.261 e. The number of benzene rings is 2. The first-order valence-electron chi connectivity index (χ1n) is 6.64. The molecule has 2 amide bonds. The fourth-order valence-corrected chi connectivity index (χ4v) is 2.47. The van der Waals surface area contributed by atoms with Gasteiger partial charge in [-0.05, 0) is 30.2 Å². The number of hydrogen-bond acceptors (Lipinski definition) is 4. The number of amides is 2. The summed E-state index contributed by atoms with van der Waals surface area (Å²) in [4.78, 5) is 23.6. The second-order valence-corrected chi connectivity index (χ2v) is 5.02. The highest BCUT2D eigenvalue weighted by Gasteiger charge is 2.31. The highest BCUT2D eigenvalue weighted by molar-refractivity contribution is 6.26. The first-order valence-corrected chi connectivity index (χ1v) is 6.64. The maximum Gasteiger partial charge on any atom is 0.261 e. The first kappa shape index (κ1) is 13.2. The summed E-state index contributed by atoms with van der Waals surface area (Å²) >= 11 is 0. The molecule has 2 aromatic rings. The summed E-state index contributed by atoms with van der Waals surface area (Å²) in [6.07, 6.45) is 0. The molecule has 0 aromatic heterocycles. The van der Waals surface area contributed by atoms with E-state index in [9.17, 15) is 9.59 Å². The van der Waals surface area contributed by atoms with E-state index in [4.69, 9.17) is 5.73 Å². The minimum absolute atomic E-state index is 0.259. The standard InChI is InChI=1S/C16H15N3O2/c1-9-4-2-3-5-10(9)8-18-12-7-6-11(17)13-14(12)16(21)19-15(13)20/h2-7,18H,8,17H2,1H3,(H,19,20,21). The van der Waals surface area contributed by atoms with Gasteiger partial charge < -0.3 is 11.1 Å². The summed E-state index contributed by atoms with van der Waals surface area (Å²) in [6.45, 7) is 2.60. The molecule has 1 aliphatic rings. The van der Waals surface area contributed by atoms with Crippen molar-refractivity contribution in [3.63, 3.8) is 0 Å². The van der Waals surface area contributed by atoms with E-state index in [1.54, 1.807) is 12.1 Å². The van der Waals surface area contributed by atoms with E-state index in [-0.39, 0.29) is 5.56 Å². The zero-order valence-electron chi connectivity index (χ0n) is 11.6. The normalized spacial score (nSPS) is 13.0. The Kier molecular flexibility index (Phi) is 3.10. The Labute approximate surface area is 122 Å². The molecule has 0 spiro atoms. The van der Waals surface area contributed by atoms with Crippen LogP contribution in [0.3, 0.4) is 0 Å². The SMILES string of the molecule is Cc1ccccc1CNc1ccc(N)c2c1C(=O)NC2=O. The number of fused-ring (bicyclic) bond motifs is 1. The highest BCUT2D eigenvalue weighted by atomic mass is 16.2. The van der Waals surface area contributed by atoms with Crippen molar-refractivity contribution in [3.05, 3.63) is 58.7 Å².